The molecule has 0 aliphatic carbocycles. The number of amidine groups is 2. The summed E-state index contributed by atoms with van der Waals surface area (Å²) in [5.74, 6) is 0.744. The van der Waals surface area contributed by atoms with E-state index in [2.05, 4.69) is 0 Å². The monoisotopic (exact) mass is 642 g/mol. The van der Waals surface area contributed by atoms with E-state index < -0.39 is 11.8 Å². The van der Waals surface area contributed by atoms with Crippen LogP contribution in [0, 0.1) is 0 Å². The normalized spacial score (nSPS) is 16.1. The first-order valence-corrected chi connectivity index (χ1v) is 15.0. The average molecular weight is 643 g/mol. The molecule has 4 aromatic rings. The zero-order chi connectivity index (χ0) is 32.2. The van der Waals surface area contributed by atoms with Gasteiger partial charge in [-0.1, -0.05) is 121 Å². The van der Waals surface area contributed by atoms with Crippen LogP contribution >= 0.6 is 24.4 Å². The Hall–Kier alpha value is -5.58. The summed E-state index contributed by atoms with van der Waals surface area (Å²) in [5.41, 5.74) is 2.89. The summed E-state index contributed by atoms with van der Waals surface area (Å²) in [6.07, 6.45) is 3.28. The summed E-state index contributed by atoms with van der Waals surface area (Å²) in [5, 5.41) is 0. The van der Waals surface area contributed by atoms with Gasteiger partial charge in [0.05, 0.1) is 14.2 Å². The molecule has 0 aromatic heterocycles. The first kappa shape index (κ1) is 30.4. The van der Waals surface area contributed by atoms with Crippen molar-refractivity contribution in [1.29, 1.82) is 0 Å². The van der Waals surface area contributed by atoms with E-state index in [1.807, 2.05) is 97.1 Å². The number of para-hydroxylation sites is 2. The highest BCUT2D eigenvalue weighted by Crippen LogP contribution is 2.30. The number of carbonyl (C=O) groups is 2. The van der Waals surface area contributed by atoms with Crippen molar-refractivity contribution in [3.63, 3.8) is 0 Å². The first-order valence-electron chi connectivity index (χ1n) is 14.2. The zero-order valence-electron chi connectivity index (χ0n) is 24.8. The number of benzene rings is 4. The lowest BCUT2D eigenvalue weighted by Gasteiger charge is -2.25. The number of rotatable bonds is 6. The first-order chi connectivity index (χ1) is 22.4. The Morgan fingerprint density at radius 3 is 1.28 bits per heavy atom. The number of hydrogen-bond acceptors (Lipinski definition) is 8. The molecule has 6 rings (SSSR count). The molecule has 8 nitrogen and oxygen atoms in total. The Morgan fingerprint density at radius 1 is 0.565 bits per heavy atom. The van der Waals surface area contributed by atoms with E-state index in [0.29, 0.717) is 33.8 Å². The fraction of sp³-hybridized carbons (Fsp3) is 0.0556. The minimum atomic E-state index is -0.494. The Balaban J connectivity index is 1.41. The van der Waals surface area contributed by atoms with Gasteiger partial charge in [-0.3, -0.25) is 9.59 Å². The van der Waals surface area contributed by atoms with Crippen LogP contribution in [0.5, 0.6) is 11.5 Å². The maximum atomic E-state index is 14.1. The lowest BCUT2D eigenvalue weighted by molar-refractivity contribution is -0.121. The molecule has 226 valence electrons. The number of aliphatic imine (C=N–C) groups is 2. The van der Waals surface area contributed by atoms with Crippen molar-refractivity contribution in [3.8, 4) is 11.5 Å². The van der Waals surface area contributed by atoms with Crippen molar-refractivity contribution in [2.75, 3.05) is 14.2 Å². The van der Waals surface area contributed by atoms with Crippen molar-refractivity contribution >= 4 is 70.1 Å². The quantitative estimate of drug-likeness (QED) is 0.181. The Kier molecular flexibility index (Phi) is 8.73. The van der Waals surface area contributed by atoms with Gasteiger partial charge in [0.25, 0.3) is 11.8 Å². The molecule has 2 aliphatic rings. The van der Waals surface area contributed by atoms with E-state index in [1.54, 1.807) is 38.5 Å². The fourth-order valence-electron chi connectivity index (χ4n) is 5.03. The maximum Gasteiger partial charge on any atom is 0.283 e. The molecular weight excluding hydrogens is 617 g/mol. The number of nitrogens with zero attached hydrogens (tertiary/aromatic N) is 4. The molecule has 0 spiro atoms. The van der Waals surface area contributed by atoms with Crippen molar-refractivity contribution in [1.82, 2.24) is 9.80 Å². The number of thiocarbonyl (C=S) groups is 2. The van der Waals surface area contributed by atoms with Gasteiger partial charge in [0.1, 0.15) is 34.6 Å². The molecule has 0 radical (unpaired) electrons. The standard InChI is InChI=1S/C36H26N4O4S2/c1-43-29-19-11-9-17-25(29)21-27-33(41)39(31(37-27)23-13-5-3-6-14-23)35(45)36(46)40-32(24-15-7-4-8-16-24)38-28(34(40)42)22-26-18-10-12-20-30(26)44-2/h3-22H,1-2H3. The second-order valence-electron chi connectivity index (χ2n) is 10.0. The van der Waals surface area contributed by atoms with Crippen LogP contribution in [0.25, 0.3) is 12.2 Å². The summed E-state index contributed by atoms with van der Waals surface area (Å²) in [7, 11) is 3.11. The second-order valence-corrected chi connectivity index (χ2v) is 10.8. The van der Waals surface area contributed by atoms with Gasteiger partial charge in [0.2, 0.25) is 0 Å². The summed E-state index contributed by atoms with van der Waals surface area (Å²) < 4.78 is 11.0. The Morgan fingerprint density at radius 2 is 0.913 bits per heavy atom. The third-order valence-electron chi connectivity index (χ3n) is 7.24. The van der Waals surface area contributed by atoms with Crippen LogP contribution in [0.4, 0.5) is 0 Å². The molecule has 46 heavy (non-hydrogen) atoms. The highest BCUT2D eigenvalue weighted by molar-refractivity contribution is 7.89. The molecule has 0 saturated carbocycles. The molecule has 4 aromatic carbocycles. The number of amides is 2. The van der Waals surface area contributed by atoms with E-state index in [4.69, 9.17) is 43.9 Å². The van der Waals surface area contributed by atoms with Gasteiger partial charge in [-0.15, -0.1) is 0 Å². The fourth-order valence-corrected chi connectivity index (χ4v) is 5.55. The largest absolute Gasteiger partial charge is 0.496 e. The summed E-state index contributed by atoms with van der Waals surface area (Å²) in [4.78, 5) is 39.9. The molecule has 10 heteroatoms. The number of ether oxygens (including phenoxy) is 2. The number of carbonyl (C=O) groups excluding carboxylic acids is 2. The Bertz CT molecular complexity index is 1860. The molecular formula is C36H26N4O4S2. The third kappa shape index (κ3) is 5.79. The van der Waals surface area contributed by atoms with Gasteiger partial charge in [0, 0.05) is 22.3 Å². The molecule has 0 unspecified atom stereocenters. The van der Waals surface area contributed by atoms with Crippen LogP contribution in [0.1, 0.15) is 22.3 Å². The van der Waals surface area contributed by atoms with E-state index in [9.17, 15) is 9.59 Å². The van der Waals surface area contributed by atoms with Gasteiger partial charge < -0.3 is 9.47 Å². The molecule has 0 saturated heterocycles. The molecule has 0 bridgehead atoms. The SMILES string of the molecule is COc1ccccc1C=C1N=C(c2ccccc2)N(C(=S)C(=S)N2C(=O)C(=Cc3ccccc3OC)N=C2c2ccccc2)C1=O. The lowest BCUT2D eigenvalue weighted by Crippen LogP contribution is -2.49. The topological polar surface area (TPSA) is 83.8 Å². The van der Waals surface area contributed by atoms with E-state index in [1.165, 1.54) is 9.80 Å². The number of hydrogen-bond donors (Lipinski definition) is 0. The third-order valence-corrected chi connectivity index (χ3v) is 8.12. The van der Waals surface area contributed by atoms with Gasteiger partial charge in [-0.25, -0.2) is 19.8 Å². The predicted octanol–water partition coefficient (Wildman–Crippen LogP) is 6.32. The van der Waals surface area contributed by atoms with E-state index >= 15 is 0 Å². The van der Waals surface area contributed by atoms with Gasteiger partial charge >= 0.3 is 0 Å². The van der Waals surface area contributed by atoms with Crippen LogP contribution < -0.4 is 9.47 Å². The lowest BCUT2D eigenvalue weighted by atomic mass is 10.1. The van der Waals surface area contributed by atoms with Crippen LogP contribution in [-0.4, -0.2) is 57.5 Å². The van der Waals surface area contributed by atoms with Gasteiger partial charge in [-0.05, 0) is 24.3 Å². The minimum Gasteiger partial charge on any atom is -0.496 e. The predicted molar refractivity (Wildman–Crippen MR) is 187 cm³/mol. The van der Waals surface area contributed by atoms with Crippen LogP contribution in [0.3, 0.4) is 0 Å². The molecule has 0 atom stereocenters. The van der Waals surface area contributed by atoms with Gasteiger partial charge in [0.15, 0.2) is 9.98 Å². The molecule has 2 aliphatic heterocycles. The molecule has 0 fully saturated rings. The number of methoxy groups -OCH3 is 2. The highest BCUT2D eigenvalue weighted by atomic mass is 32.1. The van der Waals surface area contributed by atoms with Crippen molar-refractivity contribution in [2.45, 2.75) is 0 Å². The maximum absolute atomic E-state index is 14.1. The second kappa shape index (κ2) is 13.2. The summed E-state index contributed by atoms with van der Waals surface area (Å²) in [6, 6.07) is 33.0. The van der Waals surface area contributed by atoms with Crippen LogP contribution in [0.2, 0.25) is 0 Å². The van der Waals surface area contributed by atoms with Gasteiger partial charge in [-0.2, -0.15) is 0 Å². The molecule has 2 heterocycles. The highest BCUT2D eigenvalue weighted by Gasteiger charge is 2.41. The Labute approximate surface area is 276 Å². The van der Waals surface area contributed by atoms with Crippen molar-refractivity contribution in [2.24, 2.45) is 9.98 Å². The smallest absolute Gasteiger partial charge is 0.283 e. The van der Waals surface area contributed by atoms with Crippen LogP contribution in [-0.2, 0) is 9.59 Å². The average Bonchev–Trinajstić information content (AvgIpc) is 3.60. The minimum absolute atomic E-state index is 0.0680. The zero-order valence-corrected chi connectivity index (χ0v) is 26.4. The van der Waals surface area contributed by atoms with Crippen molar-refractivity contribution < 1.29 is 19.1 Å². The van der Waals surface area contributed by atoms with Crippen molar-refractivity contribution in [3.05, 3.63) is 143 Å². The summed E-state index contributed by atoms with van der Waals surface area (Å²) >= 11 is 11.8. The van der Waals surface area contributed by atoms with Crippen LogP contribution in [0.15, 0.2) is 131 Å². The van der Waals surface area contributed by atoms with E-state index in [0.717, 1.165) is 0 Å². The van der Waals surface area contributed by atoms with E-state index in [-0.39, 0.29) is 33.0 Å². The summed E-state index contributed by atoms with van der Waals surface area (Å²) in [6.45, 7) is 0. The molecule has 2 amide bonds. The molecule has 0 N–H and O–H groups in total.